The smallest absolute Gasteiger partial charge is 0.397 e. The Morgan fingerprint density at radius 1 is 1.38 bits per heavy atom. The Kier molecular flexibility index (Phi) is 3.82. The van der Waals surface area contributed by atoms with Gasteiger partial charge in [-0.25, -0.2) is 0 Å². The maximum absolute atomic E-state index is 12.8. The van der Waals surface area contributed by atoms with Crippen molar-refractivity contribution in [1.82, 2.24) is 0 Å². The number of ether oxygens (including phenoxy) is 1. The first-order chi connectivity index (χ1) is 7.43. The van der Waals surface area contributed by atoms with Gasteiger partial charge in [0.15, 0.2) is 0 Å². The van der Waals surface area contributed by atoms with Crippen molar-refractivity contribution in [3.8, 4) is 5.75 Å². The zero-order chi connectivity index (χ0) is 12.2. The predicted octanol–water partition coefficient (Wildman–Crippen LogP) is 2.70. The van der Waals surface area contributed by atoms with Crippen LogP contribution < -0.4 is 4.74 Å². The summed E-state index contributed by atoms with van der Waals surface area (Å²) < 4.78 is 30.1. The number of aliphatic carboxylic acids is 1. The van der Waals surface area contributed by atoms with E-state index >= 15 is 0 Å². The van der Waals surface area contributed by atoms with Crippen LogP contribution in [0.3, 0.4) is 0 Å². The van der Waals surface area contributed by atoms with E-state index in [2.05, 4.69) is 4.74 Å². The van der Waals surface area contributed by atoms with Crippen LogP contribution >= 0.6 is 0 Å². The van der Waals surface area contributed by atoms with Crippen LogP contribution in [0.15, 0.2) is 24.3 Å². The molecule has 1 aromatic carbocycles. The molecular formula is C11H12F2O3. The molecule has 0 aromatic heterocycles. The third-order valence-corrected chi connectivity index (χ3v) is 1.96. The van der Waals surface area contributed by atoms with Gasteiger partial charge in [0.25, 0.3) is 0 Å². The number of halogens is 2. The van der Waals surface area contributed by atoms with E-state index in [1.807, 2.05) is 0 Å². The molecule has 1 rings (SSSR count). The summed E-state index contributed by atoms with van der Waals surface area (Å²) in [6.07, 6.45) is -3.73. The average molecular weight is 230 g/mol. The van der Waals surface area contributed by atoms with Crippen molar-refractivity contribution >= 4 is 5.97 Å². The summed E-state index contributed by atoms with van der Waals surface area (Å²) in [5.41, 5.74) is 0.541. The topological polar surface area (TPSA) is 46.5 Å². The van der Waals surface area contributed by atoms with E-state index in [-0.39, 0.29) is 12.2 Å². The van der Waals surface area contributed by atoms with E-state index in [0.717, 1.165) is 0 Å². The molecule has 0 aliphatic rings. The monoisotopic (exact) mass is 230 g/mol. The quantitative estimate of drug-likeness (QED) is 0.845. The number of carboxylic acid groups (broad SMARTS) is 1. The number of hydrogen-bond donors (Lipinski definition) is 1. The molecule has 1 N–H and O–H groups in total. The third kappa shape index (κ3) is 3.84. The zero-order valence-electron chi connectivity index (χ0n) is 8.74. The number of benzene rings is 1. The predicted molar refractivity (Wildman–Crippen MR) is 53.6 cm³/mol. The van der Waals surface area contributed by atoms with E-state index in [1.165, 1.54) is 31.2 Å². The van der Waals surface area contributed by atoms with Gasteiger partial charge in [-0.1, -0.05) is 19.1 Å². The summed E-state index contributed by atoms with van der Waals surface area (Å²) in [7, 11) is 0. The van der Waals surface area contributed by atoms with Gasteiger partial charge in [0.2, 0.25) is 0 Å². The molecule has 1 aromatic rings. The molecule has 5 heteroatoms. The van der Waals surface area contributed by atoms with Crippen molar-refractivity contribution < 1.29 is 23.4 Å². The highest BCUT2D eigenvalue weighted by Gasteiger charge is 2.28. The van der Waals surface area contributed by atoms with Crippen molar-refractivity contribution in [3.05, 3.63) is 29.8 Å². The molecular weight excluding hydrogens is 218 g/mol. The van der Waals surface area contributed by atoms with E-state index in [4.69, 9.17) is 5.11 Å². The van der Waals surface area contributed by atoms with Crippen LogP contribution in [-0.2, 0) is 11.2 Å². The van der Waals surface area contributed by atoms with Crippen molar-refractivity contribution in [2.24, 2.45) is 0 Å². The fourth-order valence-corrected chi connectivity index (χ4v) is 1.09. The van der Waals surface area contributed by atoms with Gasteiger partial charge in [-0.05, 0) is 17.7 Å². The Balaban J connectivity index is 2.68. The number of rotatable bonds is 5. The molecule has 0 atom stereocenters. The maximum Gasteiger partial charge on any atom is 0.397 e. The molecule has 0 heterocycles. The molecule has 0 aliphatic carbocycles. The van der Waals surface area contributed by atoms with Crippen LogP contribution in [0.25, 0.3) is 0 Å². The van der Waals surface area contributed by atoms with Crippen LogP contribution in [0.1, 0.15) is 18.9 Å². The van der Waals surface area contributed by atoms with Crippen LogP contribution in [0.4, 0.5) is 8.78 Å². The molecule has 0 saturated carbocycles. The zero-order valence-corrected chi connectivity index (χ0v) is 8.74. The standard InChI is InChI=1S/C11H12F2O3/c1-2-11(12,13)16-9-5-3-8(4-6-9)7-10(14)15/h3-6H,2,7H2,1H3,(H,14,15). The summed E-state index contributed by atoms with van der Waals surface area (Å²) in [5, 5.41) is 8.51. The van der Waals surface area contributed by atoms with Gasteiger partial charge in [0.05, 0.1) is 6.42 Å². The Labute approximate surface area is 91.7 Å². The number of alkyl halides is 2. The maximum atomic E-state index is 12.8. The Morgan fingerprint density at radius 3 is 2.38 bits per heavy atom. The molecule has 0 unspecified atom stereocenters. The largest absolute Gasteiger partial charge is 0.481 e. The fourth-order valence-electron chi connectivity index (χ4n) is 1.09. The SMILES string of the molecule is CCC(F)(F)Oc1ccc(CC(=O)O)cc1. The van der Waals surface area contributed by atoms with Gasteiger partial charge in [-0.2, -0.15) is 8.78 Å². The van der Waals surface area contributed by atoms with Crippen molar-refractivity contribution in [1.29, 1.82) is 0 Å². The lowest BCUT2D eigenvalue weighted by Crippen LogP contribution is -2.23. The highest BCUT2D eigenvalue weighted by Crippen LogP contribution is 2.24. The van der Waals surface area contributed by atoms with Gasteiger partial charge in [0, 0.05) is 6.42 Å². The van der Waals surface area contributed by atoms with Crippen LogP contribution in [0, 0.1) is 0 Å². The average Bonchev–Trinajstić information content (AvgIpc) is 2.20. The summed E-state index contributed by atoms with van der Waals surface area (Å²) in [6, 6.07) is 5.58. The van der Waals surface area contributed by atoms with Gasteiger partial charge in [0.1, 0.15) is 5.75 Å². The lowest BCUT2D eigenvalue weighted by atomic mass is 10.1. The van der Waals surface area contributed by atoms with Crippen LogP contribution in [0.2, 0.25) is 0 Å². The first kappa shape index (κ1) is 12.4. The molecule has 88 valence electrons. The molecule has 0 radical (unpaired) electrons. The fraction of sp³-hybridized carbons (Fsp3) is 0.364. The van der Waals surface area contributed by atoms with E-state index in [1.54, 1.807) is 0 Å². The molecule has 0 bridgehead atoms. The Hall–Kier alpha value is -1.65. The van der Waals surface area contributed by atoms with Crippen molar-refractivity contribution in [3.63, 3.8) is 0 Å². The van der Waals surface area contributed by atoms with E-state index in [9.17, 15) is 13.6 Å². The summed E-state index contributed by atoms with van der Waals surface area (Å²) >= 11 is 0. The molecule has 0 spiro atoms. The second kappa shape index (κ2) is 4.92. The molecule has 0 fully saturated rings. The van der Waals surface area contributed by atoms with Crippen LogP contribution in [0.5, 0.6) is 5.75 Å². The van der Waals surface area contributed by atoms with Gasteiger partial charge < -0.3 is 9.84 Å². The lowest BCUT2D eigenvalue weighted by molar-refractivity contribution is -0.177. The minimum absolute atomic E-state index is 0.0287. The Morgan fingerprint density at radius 2 is 1.94 bits per heavy atom. The van der Waals surface area contributed by atoms with Gasteiger partial charge in [-0.3, -0.25) is 4.79 Å². The minimum atomic E-state index is -3.19. The second-order valence-corrected chi connectivity index (χ2v) is 3.31. The summed E-state index contributed by atoms with van der Waals surface area (Å²) in [6.45, 7) is 1.32. The molecule has 16 heavy (non-hydrogen) atoms. The van der Waals surface area contributed by atoms with Crippen molar-refractivity contribution in [2.45, 2.75) is 25.9 Å². The van der Waals surface area contributed by atoms with Gasteiger partial charge >= 0.3 is 12.1 Å². The molecule has 0 saturated heterocycles. The summed E-state index contributed by atoms with van der Waals surface area (Å²) in [5.74, 6) is -0.937. The first-order valence-electron chi connectivity index (χ1n) is 4.80. The summed E-state index contributed by atoms with van der Waals surface area (Å²) in [4.78, 5) is 10.4. The molecule has 0 aliphatic heterocycles. The normalized spacial score (nSPS) is 11.2. The Bertz CT molecular complexity index is 360. The van der Waals surface area contributed by atoms with Crippen molar-refractivity contribution in [2.75, 3.05) is 0 Å². The first-order valence-corrected chi connectivity index (χ1v) is 4.80. The minimum Gasteiger partial charge on any atom is -0.481 e. The lowest BCUT2D eigenvalue weighted by Gasteiger charge is -2.15. The van der Waals surface area contributed by atoms with Gasteiger partial charge in [-0.15, -0.1) is 0 Å². The second-order valence-electron chi connectivity index (χ2n) is 3.31. The van der Waals surface area contributed by atoms with E-state index in [0.29, 0.717) is 5.56 Å². The highest BCUT2D eigenvalue weighted by atomic mass is 19.3. The molecule has 3 nitrogen and oxygen atoms in total. The third-order valence-electron chi connectivity index (χ3n) is 1.96. The highest BCUT2D eigenvalue weighted by molar-refractivity contribution is 5.70. The molecule has 0 amide bonds. The number of hydrogen-bond acceptors (Lipinski definition) is 2. The number of carbonyl (C=O) groups is 1. The van der Waals surface area contributed by atoms with Crippen LogP contribution in [-0.4, -0.2) is 17.2 Å². The van der Waals surface area contributed by atoms with E-state index < -0.39 is 18.5 Å². The number of carboxylic acids is 1.